The Bertz CT molecular complexity index is 457. The zero-order valence-corrected chi connectivity index (χ0v) is 11.3. The fourth-order valence-corrected chi connectivity index (χ4v) is 2.79. The number of rotatable bonds is 5. The van der Waals surface area contributed by atoms with Crippen LogP contribution in [-0.4, -0.2) is 16.9 Å². The Morgan fingerprint density at radius 3 is 2.24 bits per heavy atom. The van der Waals surface area contributed by atoms with Gasteiger partial charge < -0.3 is 9.16 Å². The van der Waals surface area contributed by atoms with E-state index in [1.165, 1.54) is 5.56 Å². The highest BCUT2D eigenvalue weighted by atomic mass is 28.2. The SMILES string of the molecule is COc1ccccc1O[SiH2]Cc1ccccc1. The molecule has 0 heterocycles. The van der Waals surface area contributed by atoms with Crippen LogP contribution >= 0.6 is 0 Å². The van der Waals surface area contributed by atoms with E-state index < -0.39 is 9.76 Å². The normalized spacial score (nSPS) is 10.6. The molecule has 0 aliphatic rings. The van der Waals surface area contributed by atoms with Gasteiger partial charge in [-0.2, -0.15) is 0 Å². The molecule has 0 saturated heterocycles. The molecule has 0 fully saturated rings. The Morgan fingerprint density at radius 2 is 1.53 bits per heavy atom. The lowest BCUT2D eigenvalue weighted by Gasteiger charge is -2.10. The minimum Gasteiger partial charge on any atom is -0.547 e. The van der Waals surface area contributed by atoms with Crippen LogP contribution < -0.4 is 9.16 Å². The van der Waals surface area contributed by atoms with Crippen molar-refractivity contribution in [2.45, 2.75) is 6.04 Å². The van der Waals surface area contributed by atoms with Crippen LogP contribution in [0.4, 0.5) is 0 Å². The first kappa shape index (κ1) is 11.7. The molecule has 0 amide bonds. The van der Waals surface area contributed by atoms with E-state index in [2.05, 4.69) is 24.3 Å². The molecule has 0 aliphatic carbocycles. The second-order valence-electron chi connectivity index (χ2n) is 3.73. The number of ether oxygens (including phenoxy) is 1. The minimum absolute atomic E-state index is 0.596. The van der Waals surface area contributed by atoms with E-state index in [1.807, 2.05) is 30.3 Å². The number of hydrogen-bond acceptors (Lipinski definition) is 2. The van der Waals surface area contributed by atoms with Gasteiger partial charge in [-0.05, 0) is 23.7 Å². The van der Waals surface area contributed by atoms with Crippen LogP contribution in [-0.2, 0) is 6.04 Å². The predicted molar refractivity (Wildman–Crippen MR) is 72.3 cm³/mol. The predicted octanol–water partition coefficient (Wildman–Crippen LogP) is 2.36. The molecule has 0 N–H and O–H groups in total. The quantitative estimate of drug-likeness (QED) is 0.752. The van der Waals surface area contributed by atoms with Crippen molar-refractivity contribution in [3.63, 3.8) is 0 Å². The van der Waals surface area contributed by atoms with Crippen molar-refractivity contribution in [3.05, 3.63) is 60.2 Å². The molecule has 2 rings (SSSR count). The van der Waals surface area contributed by atoms with E-state index in [-0.39, 0.29) is 0 Å². The lowest BCUT2D eigenvalue weighted by atomic mass is 10.2. The van der Waals surface area contributed by atoms with Gasteiger partial charge in [0.2, 0.25) is 9.76 Å². The Kier molecular flexibility index (Phi) is 4.21. The summed E-state index contributed by atoms with van der Waals surface area (Å²) in [5, 5.41) is 0. The van der Waals surface area contributed by atoms with Crippen molar-refractivity contribution < 1.29 is 9.16 Å². The highest BCUT2D eigenvalue weighted by molar-refractivity contribution is 6.27. The van der Waals surface area contributed by atoms with Gasteiger partial charge in [-0.15, -0.1) is 0 Å². The molecule has 88 valence electrons. The molecule has 0 radical (unpaired) electrons. The highest BCUT2D eigenvalue weighted by Gasteiger charge is 2.02. The first-order chi connectivity index (χ1) is 8.40. The molecule has 0 atom stereocenters. The first-order valence-corrected chi connectivity index (χ1v) is 7.27. The molecule has 0 aliphatic heterocycles. The third-order valence-corrected chi connectivity index (χ3v) is 3.86. The van der Waals surface area contributed by atoms with E-state index >= 15 is 0 Å². The summed E-state index contributed by atoms with van der Waals surface area (Å²) in [6, 6.07) is 19.3. The Hall–Kier alpha value is -1.74. The zero-order valence-electron chi connectivity index (χ0n) is 9.93. The second kappa shape index (κ2) is 6.11. The highest BCUT2D eigenvalue weighted by Crippen LogP contribution is 2.25. The van der Waals surface area contributed by atoms with Crippen molar-refractivity contribution in [1.82, 2.24) is 0 Å². The summed E-state index contributed by atoms with van der Waals surface area (Å²) in [4.78, 5) is 0. The van der Waals surface area contributed by atoms with E-state index in [0.29, 0.717) is 0 Å². The maximum absolute atomic E-state index is 5.85. The van der Waals surface area contributed by atoms with Gasteiger partial charge in [-0.1, -0.05) is 42.5 Å². The summed E-state index contributed by atoms with van der Waals surface area (Å²) in [7, 11) is 1.07. The average Bonchev–Trinajstić information content (AvgIpc) is 2.40. The molecule has 2 aromatic rings. The van der Waals surface area contributed by atoms with Crippen molar-refractivity contribution in [1.29, 1.82) is 0 Å². The smallest absolute Gasteiger partial charge is 0.224 e. The van der Waals surface area contributed by atoms with Crippen molar-refractivity contribution >= 4 is 9.76 Å². The third kappa shape index (κ3) is 3.36. The fourth-order valence-electron chi connectivity index (χ4n) is 1.66. The third-order valence-electron chi connectivity index (χ3n) is 2.56. The van der Waals surface area contributed by atoms with E-state index in [0.717, 1.165) is 17.5 Å². The number of para-hydroxylation sites is 2. The topological polar surface area (TPSA) is 18.5 Å². The lowest BCUT2D eigenvalue weighted by Crippen LogP contribution is -2.07. The minimum atomic E-state index is -0.596. The summed E-state index contributed by atoms with van der Waals surface area (Å²) in [6.45, 7) is 0. The maximum atomic E-state index is 5.85. The molecule has 0 unspecified atom stereocenters. The van der Waals surface area contributed by atoms with Crippen LogP contribution in [0.5, 0.6) is 11.5 Å². The van der Waals surface area contributed by atoms with Gasteiger partial charge in [-0.3, -0.25) is 0 Å². The van der Waals surface area contributed by atoms with Crippen LogP contribution in [0.25, 0.3) is 0 Å². The van der Waals surface area contributed by atoms with Gasteiger partial charge in [0.25, 0.3) is 0 Å². The van der Waals surface area contributed by atoms with Gasteiger partial charge in [0.05, 0.1) is 7.11 Å². The molecule has 0 aromatic heterocycles. The van der Waals surface area contributed by atoms with Gasteiger partial charge in [0.15, 0.2) is 5.75 Å². The van der Waals surface area contributed by atoms with Crippen LogP contribution in [0, 0.1) is 0 Å². The Balaban J connectivity index is 1.90. The first-order valence-electron chi connectivity index (χ1n) is 5.70. The summed E-state index contributed by atoms with van der Waals surface area (Å²) in [6.07, 6.45) is 0. The molecule has 3 heteroatoms. The van der Waals surface area contributed by atoms with E-state index in [4.69, 9.17) is 9.16 Å². The van der Waals surface area contributed by atoms with Gasteiger partial charge in [-0.25, -0.2) is 0 Å². The number of hydrogen-bond donors (Lipinski definition) is 0. The lowest BCUT2D eigenvalue weighted by molar-refractivity contribution is 0.395. The Labute approximate surface area is 104 Å². The van der Waals surface area contributed by atoms with Crippen LogP contribution in [0.2, 0.25) is 0 Å². The van der Waals surface area contributed by atoms with Crippen LogP contribution in [0.3, 0.4) is 0 Å². The molecule has 0 spiro atoms. The van der Waals surface area contributed by atoms with Crippen molar-refractivity contribution in [2.75, 3.05) is 7.11 Å². The standard InChI is InChI=1S/C14H16O2Si/c1-15-13-9-5-6-10-14(13)16-17-11-12-7-3-2-4-8-12/h2-10H,11,17H2,1H3. The molecular weight excluding hydrogens is 228 g/mol. The summed E-state index contributed by atoms with van der Waals surface area (Å²) < 4.78 is 11.1. The maximum Gasteiger partial charge on any atom is 0.224 e. The van der Waals surface area contributed by atoms with Crippen LogP contribution in [0.1, 0.15) is 5.56 Å². The molecule has 0 bridgehead atoms. The molecule has 17 heavy (non-hydrogen) atoms. The van der Waals surface area contributed by atoms with Crippen LogP contribution in [0.15, 0.2) is 54.6 Å². The monoisotopic (exact) mass is 244 g/mol. The molecule has 0 saturated carbocycles. The largest absolute Gasteiger partial charge is 0.547 e. The van der Waals surface area contributed by atoms with E-state index in [1.54, 1.807) is 7.11 Å². The molecule has 2 nitrogen and oxygen atoms in total. The van der Waals surface area contributed by atoms with E-state index in [9.17, 15) is 0 Å². The summed E-state index contributed by atoms with van der Waals surface area (Å²) in [5.74, 6) is 1.67. The number of methoxy groups -OCH3 is 1. The van der Waals surface area contributed by atoms with Gasteiger partial charge in [0, 0.05) is 0 Å². The molecular formula is C14H16O2Si. The molecule has 2 aromatic carbocycles. The summed E-state index contributed by atoms with van der Waals surface area (Å²) >= 11 is 0. The number of benzene rings is 2. The average molecular weight is 244 g/mol. The van der Waals surface area contributed by atoms with Gasteiger partial charge >= 0.3 is 0 Å². The summed E-state index contributed by atoms with van der Waals surface area (Å²) in [5.41, 5.74) is 1.34. The van der Waals surface area contributed by atoms with Gasteiger partial charge in [0.1, 0.15) is 5.75 Å². The fraction of sp³-hybridized carbons (Fsp3) is 0.143. The van der Waals surface area contributed by atoms with Crippen molar-refractivity contribution in [3.8, 4) is 11.5 Å². The Morgan fingerprint density at radius 1 is 0.882 bits per heavy atom. The van der Waals surface area contributed by atoms with Crippen molar-refractivity contribution in [2.24, 2.45) is 0 Å². The zero-order chi connectivity index (χ0) is 11.9. The second-order valence-corrected chi connectivity index (χ2v) is 4.93.